The van der Waals surface area contributed by atoms with Crippen molar-refractivity contribution in [3.05, 3.63) is 15.9 Å². The number of aliphatic carboxylic acids is 1. The highest BCUT2D eigenvalue weighted by Gasteiger charge is 2.27. The second-order valence-corrected chi connectivity index (χ2v) is 7.91. The number of thiophene rings is 1. The average molecular weight is 358 g/mol. The van der Waals surface area contributed by atoms with Gasteiger partial charge in [-0.05, 0) is 28.1 Å². The zero-order chi connectivity index (χ0) is 13.8. The summed E-state index contributed by atoms with van der Waals surface area (Å²) in [6, 6.07) is 3.04. The fourth-order valence-corrected chi connectivity index (χ4v) is 4.73. The third-order valence-corrected chi connectivity index (χ3v) is 5.94. The normalized spacial score (nSPS) is 11.9. The highest BCUT2D eigenvalue weighted by Crippen LogP contribution is 2.28. The Morgan fingerprint density at radius 2 is 2.22 bits per heavy atom. The summed E-state index contributed by atoms with van der Waals surface area (Å²) >= 11 is 4.21. The van der Waals surface area contributed by atoms with Gasteiger partial charge in [-0.25, -0.2) is 8.42 Å². The van der Waals surface area contributed by atoms with Crippen molar-refractivity contribution in [1.29, 1.82) is 0 Å². The summed E-state index contributed by atoms with van der Waals surface area (Å²) in [5, 5.41) is 8.75. The van der Waals surface area contributed by atoms with E-state index in [9.17, 15) is 13.2 Å². The van der Waals surface area contributed by atoms with Crippen LogP contribution in [0.3, 0.4) is 0 Å². The van der Waals surface area contributed by atoms with Gasteiger partial charge in [-0.1, -0.05) is 0 Å². The molecule has 6 nitrogen and oxygen atoms in total. The zero-order valence-electron chi connectivity index (χ0n) is 9.50. The maximum Gasteiger partial charge on any atom is 0.318 e. The van der Waals surface area contributed by atoms with Gasteiger partial charge in [0.1, 0.15) is 10.8 Å². The SMILES string of the molecule is COCCN(CC(=O)O)S(=O)(=O)c1ccc(Br)s1. The van der Waals surface area contributed by atoms with Crippen molar-refractivity contribution in [3.63, 3.8) is 0 Å². The van der Waals surface area contributed by atoms with Gasteiger partial charge in [-0.3, -0.25) is 4.79 Å². The van der Waals surface area contributed by atoms with Crippen molar-refractivity contribution < 1.29 is 23.1 Å². The van der Waals surface area contributed by atoms with Crippen molar-refractivity contribution in [2.75, 3.05) is 26.8 Å². The lowest BCUT2D eigenvalue weighted by Crippen LogP contribution is -2.37. The van der Waals surface area contributed by atoms with Crippen LogP contribution >= 0.6 is 27.3 Å². The molecule has 0 aliphatic rings. The molecule has 0 unspecified atom stereocenters. The van der Waals surface area contributed by atoms with Gasteiger partial charge in [-0.15, -0.1) is 11.3 Å². The van der Waals surface area contributed by atoms with Crippen LogP contribution in [0.1, 0.15) is 0 Å². The van der Waals surface area contributed by atoms with E-state index < -0.39 is 22.5 Å². The number of halogens is 1. The van der Waals surface area contributed by atoms with Gasteiger partial charge in [0.25, 0.3) is 10.0 Å². The zero-order valence-corrected chi connectivity index (χ0v) is 12.7. The van der Waals surface area contributed by atoms with Crippen molar-refractivity contribution in [3.8, 4) is 0 Å². The summed E-state index contributed by atoms with van der Waals surface area (Å²) in [6.45, 7) is -0.444. The molecule has 1 aromatic heterocycles. The van der Waals surface area contributed by atoms with Crippen LogP contribution in [-0.2, 0) is 19.6 Å². The minimum Gasteiger partial charge on any atom is -0.480 e. The lowest BCUT2D eigenvalue weighted by atomic mass is 10.6. The first kappa shape index (κ1) is 15.6. The van der Waals surface area contributed by atoms with E-state index in [1.165, 1.54) is 13.2 Å². The van der Waals surface area contributed by atoms with Crippen LogP contribution in [0.2, 0.25) is 0 Å². The van der Waals surface area contributed by atoms with E-state index in [1.54, 1.807) is 6.07 Å². The Balaban J connectivity index is 2.98. The lowest BCUT2D eigenvalue weighted by molar-refractivity contribution is -0.137. The Morgan fingerprint density at radius 3 is 2.67 bits per heavy atom. The number of carboxylic acids is 1. The van der Waals surface area contributed by atoms with Crippen LogP contribution in [0.15, 0.2) is 20.1 Å². The number of methoxy groups -OCH3 is 1. The maximum atomic E-state index is 12.2. The van der Waals surface area contributed by atoms with Crippen molar-refractivity contribution in [2.24, 2.45) is 0 Å². The summed E-state index contributed by atoms with van der Waals surface area (Å²) in [6.07, 6.45) is 0. The summed E-state index contributed by atoms with van der Waals surface area (Å²) < 4.78 is 30.8. The van der Waals surface area contributed by atoms with Crippen LogP contribution in [0, 0.1) is 0 Å². The Labute approximate surface area is 117 Å². The minimum absolute atomic E-state index is 0.000647. The van der Waals surface area contributed by atoms with Gasteiger partial charge in [-0.2, -0.15) is 4.31 Å². The highest BCUT2D eigenvalue weighted by atomic mass is 79.9. The molecule has 0 aromatic carbocycles. The molecule has 0 spiro atoms. The minimum atomic E-state index is -3.79. The molecule has 0 radical (unpaired) electrons. The number of sulfonamides is 1. The Hall–Kier alpha value is -0.480. The molecule has 0 saturated heterocycles. The van der Waals surface area contributed by atoms with Crippen LogP contribution in [0.4, 0.5) is 0 Å². The van der Waals surface area contributed by atoms with Crippen LogP contribution in [-0.4, -0.2) is 50.6 Å². The van der Waals surface area contributed by atoms with E-state index in [1.807, 2.05) is 0 Å². The fraction of sp³-hybridized carbons (Fsp3) is 0.444. The molecule has 102 valence electrons. The second kappa shape index (κ2) is 6.62. The van der Waals surface area contributed by atoms with Crippen molar-refractivity contribution in [2.45, 2.75) is 4.21 Å². The average Bonchev–Trinajstić information content (AvgIpc) is 2.71. The molecule has 0 aliphatic carbocycles. The van der Waals surface area contributed by atoms with E-state index in [0.717, 1.165) is 15.6 Å². The van der Waals surface area contributed by atoms with Gasteiger partial charge < -0.3 is 9.84 Å². The van der Waals surface area contributed by atoms with Gasteiger partial charge in [0.15, 0.2) is 0 Å². The van der Waals surface area contributed by atoms with Crippen LogP contribution in [0.25, 0.3) is 0 Å². The maximum absolute atomic E-state index is 12.2. The Bertz CT molecular complexity index is 513. The van der Waals surface area contributed by atoms with Crippen LogP contribution in [0.5, 0.6) is 0 Å². The number of ether oxygens (including phenoxy) is 1. The number of hydrogen-bond donors (Lipinski definition) is 1. The number of nitrogens with zero attached hydrogens (tertiary/aromatic N) is 1. The standard InChI is InChI=1S/C9H12BrNO5S2/c1-16-5-4-11(6-8(12)13)18(14,15)9-3-2-7(10)17-9/h2-3H,4-6H2,1H3,(H,12,13). The Kier molecular flexibility index (Phi) is 5.73. The molecule has 18 heavy (non-hydrogen) atoms. The largest absolute Gasteiger partial charge is 0.480 e. The van der Waals surface area contributed by atoms with E-state index in [2.05, 4.69) is 15.9 Å². The third kappa shape index (κ3) is 4.02. The molecule has 0 amide bonds. The predicted octanol–water partition coefficient (Wildman–Crippen LogP) is 1.23. The summed E-state index contributed by atoms with van der Waals surface area (Å²) in [5.41, 5.74) is 0. The molecule has 1 rings (SSSR count). The highest BCUT2D eigenvalue weighted by molar-refractivity contribution is 9.11. The summed E-state index contributed by atoms with van der Waals surface area (Å²) in [4.78, 5) is 10.7. The van der Waals surface area contributed by atoms with Gasteiger partial charge in [0.2, 0.25) is 0 Å². The van der Waals surface area contributed by atoms with E-state index in [4.69, 9.17) is 9.84 Å². The molecular weight excluding hydrogens is 346 g/mol. The van der Waals surface area contributed by atoms with E-state index in [-0.39, 0.29) is 17.4 Å². The lowest BCUT2D eigenvalue weighted by Gasteiger charge is -2.18. The van der Waals surface area contributed by atoms with E-state index >= 15 is 0 Å². The molecule has 0 bridgehead atoms. The smallest absolute Gasteiger partial charge is 0.318 e. The van der Waals surface area contributed by atoms with Gasteiger partial charge in [0.05, 0.1) is 10.4 Å². The topological polar surface area (TPSA) is 83.9 Å². The predicted molar refractivity (Wildman–Crippen MR) is 70.3 cm³/mol. The molecule has 1 N–H and O–H groups in total. The van der Waals surface area contributed by atoms with Gasteiger partial charge >= 0.3 is 5.97 Å². The number of carboxylic acid groups (broad SMARTS) is 1. The second-order valence-electron chi connectivity index (χ2n) is 3.28. The summed E-state index contributed by atoms with van der Waals surface area (Å²) in [7, 11) is -2.36. The molecule has 0 atom stereocenters. The quantitative estimate of drug-likeness (QED) is 0.793. The first-order chi connectivity index (χ1) is 8.37. The molecular formula is C9H12BrNO5S2. The molecule has 0 fully saturated rings. The third-order valence-electron chi connectivity index (χ3n) is 2.00. The number of hydrogen-bond acceptors (Lipinski definition) is 5. The molecule has 0 saturated carbocycles. The monoisotopic (exact) mass is 357 g/mol. The van der Waals surface area contributed by atoms with Crippen molar-refractivity contribution in [1.82, 2.24) is 4.31 Å². The molecule has 0 aliphatic heterocycles. The fourth-order valence-electron chi connectivity index (χ4n) is 1.19. The molecule has 1 aromatic rings. The number of rotatable bonds is 7. The molecule has 1 heterocycles. The van der Waals surface area contributed by atoms with Gasteiger partial charge in [0, 0.05) is 13.7 Å². The Morgan fingerprint density at radius 1 is 1.56 bits per heavy atom. The van der Waals surface area contributed by atoms with Crippen LogP contribution < -0.4 is 0 Å². The van der Waals surface area contributed by atoms with Crippen molar-refractivity contribution >= 4 is 43.3 Å². The van der Waals surface area contributed by atoms with E-state index in [0.29, 0.717) is 3.79 Å². The summed E-state index contributed by atoms with van der Waals surface area (Å²) in [5.74, 6) is -1.20. The first-order valence-corrected chi connectivity index (χ1v) is 7.89. The number of carbonyl (C=O) groups is 1. The molecule has 9 heteroatoms. The first-order valence-electron chi connectivity index (χ1n) is 4.84.